The van der Waals surface area contributed by atoms with E-state index in [1.807, 2.05) is 52.0 Å². The fraction of sp³-hybridized carbons (Fsp3) is 0.429. The molecule has 0 bridgehead atoms. The van der Waals surface area contributed by atoms with Gasteiger partial charge in [0.05, 0.1) is 5.71 Å². The van der Waals surface area contributed by atoms with Crippen LogP contribution < -0.4 is 5.43 Å². The molecule has 1 aromatic rings. The average Bonchev–Trinajstić information content (AvgIpc) is 2.26. The summed E-state index contributed by atoms with van der Waals surface area (Å²) in [6, 6.07) is 8.07. The van der Waals surface area contributed by atoms with Crippen LogP contribution in [0.1, 0.15) is 38.3 Å². The number of hydrazone groups is 1. The topological polar surface area (TPSA) is 41.5 Å². The zero-order valence-corrected chi connectivity index (χ0v) is 10.9. The van der Waals surface area contributed by atoms with E-state index in [0.29, 0.717) is 12.3 Å². The Balaban J connectivity index is 2.60. The van der Waals surface area contributed by atoms with Crippen LogP contribution in [0.4, 0.5) is 0 Å². The lowest BCUT2D eigenvalue weighted by atomic mass is 10.1. The third-order valence-corrected chi connectivity index (χ3v) is 2.41. The van der Waals surface area contributed by atoms with Crippen LogP contribution in [-0.4, -0.2) is 11.6 Å². The highest BCUT2D eigenvalue weighted by Crippen LogP contribution is 2.04. The Morgan fingerprint density at radius 3 is 2.41 bits per heavy atom. The first-order chi connectivity index (χ1) is 7.99. The maximum absolute atomic E-state index is 11.4. The number of hydrogen-bond donors (Lipinski definition) is 1. The van der Waals surface area contributed by atoms with E-state index in [0.717, 1.165) is 11.3 Å². The molecule has 1 aromatic carbocycles. The zero-order chi connectivity index (χ0) is 12.8. The molecule has 0 aromatic heterocycles. The third-order valence-electron chi connectivity index (χ3n) is 2.41. The minimum Gasteiger partial charge on any atom is -0.273 e. The quantitative estimate of drug-likeness (QED) is 0.629. The van der Waals surface area contributed by atoms with Gasteiger partial charge in [-0.3, -0.25) is 4.79 Å². The second kappa shape index (κ2) is 6.18. The first kappa shape index (κ1) is 13.4. The SMILES string of the molecule is C/C(=N/NC(=O)CC(C)C)c1ccc(C)cc1. The van der Waals surface area contributed by atoms with E-state index in [4.69, 9.17) is 0 Å². The molecule has 0 aliphatic rings. The highest BCUT2D eigenvalue weighted by atomic mass is 16.2. The summed E-state index contributed by atoms with van der Waals surface area (Å²) in [6.45, 7) is 7.95. The molecular formula is C14H20N2O. The van der Waals surface area contributed by atoms with Crippen molar-refractivity contribution in [3.8, 4) is 0 Å². The first-order valence-electron chi connectivity index (χ1n) is 5.89. The number of carbonyl (C=O) groups is 1. The summed E-state index contributed by atoms with van der Waals surface area (Å²) >= 11 is 0. The Labute approximate surface area is 103 Å². The van der Waals surface area contributed by atoms with Gasteiger partial charge < -0.3 is 0 Å². The van der Waals surface area contributed by atoms with Crippen molar-refractivity contribution in [2.45, 2.75) is 34.1 Å². The van der Waals surface area contributed by atoms with Crippen molar-refractivity contribution in [3.63, 3.8) is 0 Å². The third kappa shape index (κ3) is 4.81. The normalized spacial score (nSPS) is 11.7. The van der Waals surface area contributed by atoms with Gasteiger partial charge in [0.2, 0.25) is 5.91 Å². The van der Waals surface area contributed by atoms with E-state index >= 15 is 0 Å². The van der Waals surface area contributed by atoms with Crippen LogP contribution in [0.2, 0.25) is 0 Å². The molecule has 0 unspecified atom stereocenters. The van der Waals surface area contributed by atoms with Crippen molar-refractivity contribution in [2.75, 3.05) is 0 Å². The molecule has 17 heavy (non-hydrogen) atoms. The highest BCUT2D eigenvalue weighted by Gasteiger charge is 2.03. The summed E-state index contributed by atoms with van der Waals surface area (Å²) in [5.74, 6) is 0.316. The predicted octanol–water partition coefficient (Wildman–Crippen LogP) is 2.88. The first-order valence-corrected chi connectivity index (χ1v) is 5.89. The maximum atomic E-state index is 11.4. The fourth-order valence-corrected chi connectivity index (χ4v) is 1.42. The van der Waals surface area contributed by atoms with Gasteiger partial charge in [0.1, 0.15) is 0 Å². The molecule has 0 aliphatic heterocycles. The minimum atomic E-state index is -0.0357. The van der Waals surface area contributed by atoms with Gasteiger partial charge in [-0.2, -0.15) is 5.10 Å². The molecule has 3 heteroatoms. The van der Waals surface area contributed by atoms with Crippen LogP contribution in [0.3, 0.4) is 0 Å². The van der Waals surface area contributed by atoms with Gasteiger partial charge in [-0.1, -0.05) is 43.7 Å². The smallest absolute Gasteiger partial charge is 0.240 e. The molecule has 1 rings (SSSR count). The molecule has 1 N–H and O–H groups in total. The molecule has 0 spiro atoms. The predicted molar refractivity (Wildman–Crippen MR) is 71.0 cm³/mol. The van der Waals surface area contributed by atoms with Crippen molar-refractivity contribution in [1.82, 2.24) is 5.43 Å². The summed E-state index contributed by atoms with van der Waals surface area (Å²) in [5, 5.41) is 4.09. The Morgan fingerprint density at radius 2 is 1.88 bits per heavy atom. The standard InChI is InChI=1S/C14H20N2O/c1-10(2)9-14(17)16-15-12(4)13-7-5-11(3)6-8-13/h5-8,10H,9H2,1-4H3,(H,16,17)/b15-12-. The number of nitrogens with zero attached hydrogens (tertiary/aromatic N) is 1. The van der Waals surface area contributed by atoms with Crippen LogP contribution >= 0.6 is 0 Å². The van der Waals surface area contributed by atoms with Crippen LogP contribution in [0.5, 0.6) is 0 Å². The molecule has 0 atom stereocenters. The van der Waals surface area contributed by atoms with Gasteiger partial charge in [-0.05, 0) is 25.3 Å². The van der Waals surface area contributed by atoms with Gasteiger partial charge in [0, 0.05) is 6.42 Å². The van der Waals surface area contributed by atoms with E-state index in [1.54, 1.807) is 0 Å². The molecule has 92 valence electrons. The summed E-state index contributed by atoms with van der Waals surface area (Å²) in [7, 11) is 0. The van der Waals surface area contributed by atoms with Crippen LogP contribution in [0, 0.1) is 12.8 Å². The Hall–Kier alpha value is -1.64. The van der Waals surface area contributed by atoms with E-state index in [9.17, 15) is 4.79 Å². The molecule has 0 fully saturated rings. The molecule has 3 nitrogen and oxygen atoms in total. The number of rotatable bonds is 4. The summed E-state index contributed by atoms with van der Waals surface area (Å²) < 4.78 is 0. The monoisotopic (exact) mass is 232 g/mol. The van der Waals surface area contributed by atoms with Crippen molar-refractivity contribution < 1.29 is 4.79 Å². The number of benzene rings is 1. The van der Waals surface area contributed by atoms with Gasteiger partial charge in [-0.25, -0.2) is 5.43 Å². The highest BCUT2D eigenvalue weighted by molar-refractivity contribution is 5.99. The summed E-state index contributed by atoms with van der Waals surface area (Å²) in [5.41, 5.74) is 5.64. The molecule has 0 radical (unpaired) electrons. The molecule has 0 heterocycles. The summed E-state index contributed by atoms with van der Waals surface area (Å²) in [4.78, 5) is 11.4. The van der Waals surface area contributed by atoms with Crippen molar-refractivity contribution in [2.24, 2.45) is 11.0 Å². The van der Waals surface area contributed by atoms with E-state index in [1.165, 1.54) is 5.56 Å². The molecule has 0 saturated heterocycles. The lowest BCUT2D eigenvalue weighted by molar-refractivity contribution is -0.121. The minimum absolute atomic E-state index is 0.0357. The summed E-state index contributed by atoms with van der Waals surface area (Å²) in [6.07, 6.45) is 0.505. The Kier molecular flexibility index (Phi) is 4.88. The number of nitrogens with one attached hydrogen (secondary N) is 1. The number of aryl methyl sites for hydroxylation is 1. The van der Waals surface area contributed by atoms with E-state index < -0.39 is 0 Å². The van der Waals surface area contributed by atoms with Gasteiger partial charge in [0.15, 0.2) is 0 Å². The lowest BCUT2D eigenvalue weighted by Crippen LogP contribution is -2.20. The molecule has 0 aliphatic carbocycles. The molecule has 1 amide bonds. The number of hydrogen-bond acceptors (Lipinski definition) is 2. The zero-order valence-electron chi connectivity index (χ0n) is 10.9. The van der Waals surface area contributed by atoms with Crippen molar-refractivity contribution >= 4 is 11.6 Å². The van der Waals surface area contributed by atoms with Crippen LogP contribution in [-0.2, 0) is 4.79 Å². The molecule has 0 saturated carbocycles. The van der Waals surface area contributed by atoms with Gasteiger partial charge in [0.25, 0.3) is 0 Å². The fourth-order valence-electron chi connectivity index (χ4n) is 1.42. The largest absolute Gasteiger partial charge is 0.273 e. The average molecular weight is 232 g/mol. The Morgan fingerprint density at radius 1 is 1.29 bits per heavy atom. The second-order valence-electron chi connectivity index (χ2n) is 4.70. The van der Waals surface area contributed by atoms with Crippen LogP contribution in [0.15, 0.2) is 29.4 Å². The second-order valence-corrected chi connectivity index (χ2v) is 4.70. The van der Waals surface area contributed by atoms with E-state index in [-0.39, 0.29) is 5.91 Å². The van der Waals surface area contributed by atoms with Crippen LogP contribution in [0.25, 0.3) is 0 Å². The lowest BCUT2D eigenvalue weighted by Gasteiger charge is -2.05. The maximum Gasteiger partial charge on any atom is 0.240 e. The number of carbonyl (C=O) groups excluding carboxylic acids is 1. The molecular weight excluding hydrogens is 212 g/mol. The number of amides is 1. The van der Waals surface area contributed by atoms with Crippen molar-refractivity contribution in [1.29, 1.82) is 0 Å². The van der Waals surface area contributed by atoms with Gasteiger partial charge >= 0.3 is 0 Å². The van der Waals surface area contributed by atoms with Gasteiger partial charge in [-0.15, -0.1) is 0 Å². The van der Waals surface area contributed by atoms with E-state index in [2.05, 4.69) is 10.5 Å². The Bertz CT molecular complexity index is 405. The van der Waals surface area contributed by atoms with Crippen molar-refractivity contribution in [3.05, 3.63) is 35.4 Å².